The van der Waals surface area contributed by atoms with Crippen LogP contribution in [0, 0.1) is 17.3 Å². The highest BCUT2D eigenvalue weighted by atomic mass is 79.9. The summed E-state index contributed by atoms with van der Waals surface area (Å²) >= 11 is 6.23. The molecule has 7 nitrogen and oxygen atoms in total. The van der Waals surface area contributed by atoms with E-state index in [0.29, 0.717) is 13.0 Å². The molecule has 0 radical (unpaired) electrons. The van der Waals surface area contributed by atoms with Crippen molar-refractivity contribution in [2.45, 2.75) is 47.5 Å². The van der Waals surface area contributed by atoms with Gasteiger partial charge >= 0.3 is 11.9 Å². The first-order chi connectivity index (χ1) is 13.0. The Bertz CT molecular complexity index is 533. The van der Waals surface area contributed by atoms with E-state index in [1.54, 1.807) is 0 Å². The maximum Gasteiger partial charge on any atom is 0.316 e. The molecule has 1 rings (SSSR count). The summed E-state index contributed by atoms with van der Waals surface area (Å²) in [4.78, 5) is 46.6. The summed E-state index contributed by atoms with van der Waals surface area (Å²) in [7, 11) is 0. The molecule has 0 aromatic carbocycles. The molecular formula is C19H31Br2NO6. The molecule has 28 heavy (non-hydrogen) atoms. The number of nitrogens with zero attached hydrogens (tertiary/aromatic N) is 1. The number of alkyl halides is 2. The number of halogens is 2. The second kappa shape index (κ2) is 13.3. The van der Waals surface area contributed by atoms with Gasteiger partial charge in [0.2, 0.25) is 11.8 Å². The minimum absolute atomic E-state index is 0.0153. The molecule has 0 spiro atoms. The van der Waals surface area contributed by atoms with Gasteiger partial charge in [-0.2, -0.15) is 0 Å². The van der Waals surface area contributed by atoms with Crippen LogP contribution in [-0.2, 0) is 28.7 Å². The van der Waals surface area contributed by atoms with Gasteiger partial charge in [0.15, 0.2) is 0 Å². The molecule has 1 fully saturated rings. The minimum Gasteiger partial charge on any atom is -0.462 e. The zero-order valence-electron chi connectivity index (χ0n) is 17.3. The van der Waals surface area contributed by atoms with Crippen molar-refractivity contribution in [3.05, 3.63) is 0 Å². The van der Waals surface area contributed by atoms with Crippen molar-refractivity contribution < 1.29 is 28.7 Å². The van der Waals surface area contributed by atoms with E-state index in [1.807, 2.05) is 34.6 Å². The van der Waals surface area contributed by atoms with E-state index < -0.39 is 5.41 Å². The summed E-state index contributed by atoms with van der Waals surface area (Å²) in [5.41, 5.74) is -0.473. The molecule has 2 unspecified atom stereocenters. The third-order valence-corrected chi connectivity index (χ3v) is 5.72. The largest absolute Gasteiger partial charge is 0.462 e. The summed E-state index contributed by atoms with van der Waals surface area (Å²) in [6, 6.07) is 0. The second-order valence-electron chi connectivity index (χ2n) is 7.18. The van der Waals surface area contributed by atoms with Crippen molar-refractivity contribution in [2.75, 3.05) is 30.4 Å². The van der Waals surface area contributed by atoms with Crippen molar-refractivity contribution in [1.29, 1.82) is 0 Å². The lowest BCUT2D eigenvalue weighted by molar-refractivity contribution is -0.158. The van der Waals surface area contributed by atoms with E-state index in [0.717, 1.165) is 11.8 Å². The number of rotatable bonds is 9. The van der Waals surface area contributed by atoms with Crippen LogP contribution in [0.5, 0.6) is 0 Å². The van der Waals surface area contributed by atoms with Crippen molar-refractivity contribution in [3.63, 3.8) is 0 Å². The molecule has 0 aliphatic carbocycles. The molecule has 0 aromatic heterocycles. The number of amides is 2. The van der Waals surface area contributed by atoms with Gasteiger partial charge in [-0.3, -0.25) is 24.1 Å². The van der Waals surface area contributed by atoms with E-state index in [1.165, 1.54) is 4.90 Å². The Labute approximate surface area is 184 Å². The monoisotopic (exact) mass is 527 g/mol. The zero-order valence-corrected chi connectivity index (χ0v) is 20.4. The standard InChI is InChI=1S/C10H17BrO4.C9H14BrNO2/c1-4-10(2,3)9(13)15-6-5-14-8(12)7-11;1-6-7(2)9(13)11(8(6)12)5-3-4-10/h4-7H2,1-3H3;6-7H,3-5H2,1-2H3. The van der Waals surface area contributed by atoms with Crippen molar-refractivity contribution >= 4 is 55.6 Å². The summed E-state index contributed by atoms with van der Waals surface area (Å²) < 4.78 is 9.69. The zero-order chi connectivity index (χ0) is 21.9. The quantitative estimate of drug-likeness (QED) is 0.197. The van der Waals surface area contributed by atoms with Crippen LogP contribution >= 0.6 is 31.9 Å². The van der Waals surface area contributed by atoms with Crippen LogP contribution in [-0.4, -0.2) is 59.1 Å². The van der Waals surface area contributed by atoms with Gasteiger partial charge in [0.25, 0.3) is 0 Å². The van der Waals surface area contributed by atoms with Gasteiger partial charge in [0, 0.05) is 23.7 Å². The summed E-state index contributed by atoms with van der Waals surface area (Å²) in [6.07, 6.45) is 1.55. The number of imide groups is 1. The average Bonchev–Trinajstić information content (AvgIpc) is 2.86. The summed E-state index contributed by atoms with van der Waals surface area (Å²) in [5.74, 6) is -0.928. The minimum atomic E-state index is -0.473. The normalized spacial score (nSPS) is 19.2. The molecule has 0 bridgehead atoms. The first-order valence-electron chi connectivity index (χ1n) is 9.33. The van der Waals surface area contributed by atoms with Crippen LogP contribution in [0.3, 0.4) is 0 Å². The number of esters is 2. The molecule has 9 heteroatoms. The maximum atomic E-state index is 11.5. The van der Waals surface area contributed by atoms with Crippen LogP contribution in [0.25, 0.3) is 0 Å². The molecule has 2 atom stereocenters. The van der Waals surface area contributed by atoms with Crippen LogP contribution < -0.4 is 0 Å². The van der Waals surface area contributed by atoms with Gasteiger partial charge in [-0.05, 0) is 26.7 Å². The molecule has 0 aromatic rings. The van der Waals surface area contributed by atoms with E-state index in [2.05, 4.69) is 31.9 Å². The second-order valence-corrected chi connectivity index (χ2v) is 8.53. The lowest BCUT2D eigenvalue weighted by Crippen LogP contribution is -2.31. The highest BCUT2D eigenvalue weighted by molar-refractivity contribution is 9.09. The molecular weight excluding hydrogens is 498 g/mol. The van der Waals surface area contributed by atoms with Crippen LogP contribution in [0.15, 0.2) is 0 Å². The molecule has 1 aliphatic rings. The first-order valence-corrected chi connectivity index (χ1v) is 11.6. The maximum absolute atomic E-state index is 11.5. The topological polar surface area (TPSA) is 90.0 Å². The van der Waals surface area contributed by atoms with Crippen molar-refractivity contribution in [3.8, 4) is 0 Å². The molecule has 1 aliphatic heterocycles. The fourth-order valence-corrected chi connectivity index (χ4v) is 2.55. The Morgan fingerprint density at radius 2 is 1.54 bits per heavy atom. The molecule has 2 amide bonds. The smallest absolute Gasteiger partial charge is 0.316 e. The highest BCUT2D eigenvalue weighted by Crippen LogP contribution is 2.25. The first kappa shape index (κ1) is 27.0. The molecule has 162 valence electrons. The number of carbonyl (C=O) groups excluding carboxylic acids is 4. The predicted octanol–water partition coefficient (Wildman–Crippen LogP) is 3.32. The summed E-state index contributed by atoms with van der Waals surface area (Å²) in [6.45, 7) is 9.97. The third-order valence-electron chi connectivity index (χ3n) is 4.70. The van der Waals surface area contributed by atoms with Gasteiger partial charge in [0.05, 0.1) is 5.41 Å². The van der Waals surface area contributed by atoms with E-state index in [9.17, 15) is 19.2 Å². The SMILES string of the molecule is CC1C(=O)N(CCCBr)C(=O)C1C.CCC(C)(C)C(=O)OCCOC(=O)CBr. The van der Waals surface area contributed by atoms with E-state index in [-0.39, 0.29) is 54.1 Å². The number of hydrogen-bond donors (Lipinski definition) is 0. The Balaban J connectivity index is 0.000000525. The van der Waals surface area contributed by atoms with Gasteiger partial charge in [-0.1, -0.05) is 52.6 Å². The Morgan fingerprint density at radius 3 is 1.96 bits per heavy atom. The molecule has 1 heterocycles. The molecule has 0 N–H and O–H groups in total. The van der Waals surface area contributed by atoms with Crippen LogP contribution in [0.1, 0.15) is 47.5 Å². The third kappa shape index (κ3) is 8.59. The number of carbonyl (C=O) groups is 4. The van der Waals surface area contributed by atoms with Gasteiger partial charge in [-0.25, -0.2) is 0 Å². The van der Waals surface area contributed by atoms with E-state index >= 15 is 0 Å². The molecule has 0 saturated carbocycles. The number of likely N-dealkylation sites (tertiary alicyclic amines) is 1. The van der Waals surface area contributed by atoms with Crippen molar-refractivity contribution in [1.82, 2.24) is 4.90 Å². The lowest BCUT2D eigenvalue weighted by atomic mass is 9.91. The van der Waals surface area contributed by atoms with Gasteiger partial charge < -0.3 is 9.47 Å². The number of hydrogen-bond acceptors (Lipinski definition) is 6. The number of ether oxygens (including phenoxy) is 2. The predicted molar refractivity (Wildman–Crippen MR) is 113 cm³/mol. The van der Waals surface area contributed by atoms with Crippen molar-refractivity contribution in [2.24, 2.45) is 17.3 Å². The lowest BCUT2D eigenvalue weighted by Gasteiger charge is -2.20. The van der Waals surface area contributed by atoms with Crippen LogP contribution in [0.4, 0.5) is 0 Å². The Kier molecular flexibility index (Phi) is 12.8. The van der Waals surface area contributed by atoms with Gasteiger partial charge in [0.1, 0.15) is 18.5 Å². The van der Waals surface area contributed by atoms with Crippen LogP contribution in [0.2, 0.25) is 0 Å². The Hall–Kier alpha value is -0.960. The fourth-order valence-electron chi connectivity index (χ4n) is 2.13. The van der Waals surface area contributed by atoms with E-state index in [4.69, 9.17) is 9.47 Å². The highest BCUT2D eigenvalue weighted by Gasteiger charge is 2.41. The average molecular weight is 529 g/mol. The fraction of sp³-hybridized carbons (Fsp3) is 0.789. The summed E-state index contributed by atoms with van der Waals surface area (Å²) in [5, 5.41) is 0.980. The Morgan fingerprint density at radius 1 is 1.04 bits per heavy atom. The molecule has 1 saturated heterocycles. The van der Waals surface area contributed by atoms with Gasteiger partial charge in [-0.15, -0.1) is 0 Å².